The highest BCUT2D eigenvalue weighted by Crippen LogP contribution is 2.89. The molecule has 3 heterocycles. The van der Waals surface area contributed by atoms with Crippen LogP contribution in [0.1, 0.15) is 106 Å². The second kappa shape index (κ2) is 17.3. The molecule has 3 aliphatic heterocycles. The van der Waals surface area contributed by atoms with Crippen LogP contribution < -0.4 is 0 Å². The van der Waals surface area contributed by atoms with Crippen LogP contribution in [0.5, 0.6) is 0 Å². The molecule has 0 radical (unpaired) electrons. The maximum absolute atomic E-state index is 11.3. The maximum atomic E-state index is 11.3. The lowest BCUT2D eigenvalue weighted by Gasteiger charge is -2.65. The minimum absolute atomic E-state index is 0.00437. The summed E-state index contributed by atoms with van der Waals surface area (Å²) in [5.74, 6) is -0.449. The number of hydrogen-bond acceptors (Lipinski definition) is 18. The summed E-state index contributed by atoms with van der Waals surface area (Å²) in [6.45, 7) is 13.0. The number of rotatable bonds is 12. The van der Waals surface area contributed by atoms with Crippen molar-refractivity contribution in [2.45, 2.75) is 216 Å². The predicted octanol–water partition coefficient (Wildman–Crippen LogP) is -0.973. The Kier molecular flexibility index (Phi) is 13.4. The van der Waals surface area contributed by atoms with Crippen LogP contribution in [0.25, 0.3) is 0 Å². The summed E-state index contributed by atoms with van der Waals surface area (Å²) >= 11 is 0. The van der Waals surface area contributed by atoms with Crippen molar-refractivity contribution in [2.75, 3.05) is 19.8 Å². The Morgan fingerprint density at radius 2 is 1.25 bits per heavy atom. The lowest BCUT2D eigenvalue weighted by Crippen LogP contribution is -2.64. The SMILES string of the molecule is C[C@H](CC[C@@H](O)C(C)(C)O)[C@H]1[C@@H](O[C@@H]2O[C@H](CO)[C@@H](O)[C@H](O)[C@H]2O)C[C@@]2(C)[C@@H]3C[C@H](O[C@@H]4OC[C@H](O)[C@H](O)[C@H]4O)[C@H]4C(C)(C)[C@@H](O[C@@H]5OC[C@@H](O)[C@H](O)[C@H]5O)CC[C@@]45C[C@@]35CC[C@]12C. The largest absolute Gasteiger partial charge is 0.394 e. The van der Waals surface area contributed by atoms with Crippen LogP contribution >= 0.6 is 0 Å². The van der Waals surface area contributed by atoms with E-state index in [1.165, 1.54) is 0 Å². The molecule has 8 fully saturated rings. The van der Waals surface area contributed by atoms with Gasteiger partial charge in [0.05, 0.1) is 49.8 Å². The molecular weight excluding hydrogens is 840 g/mol. The van der Waals surface area contributed by atoms with E-state index in [1.54, 1.807) is 13.8 Å². The van der Waals surface area contributed by atoms with Gasteiger partial charge in [-0.15, -0.1) is 0 Å². The minimum Gasteiger partial charge on any atom is -0.394 e. The molecule has 8 rings (SSSR count). The molecule has 0 aromatic rings. The van der Waals surface area contributed by atoms with Gasteiger partial charge in [-0.05, 0) is 122 Å². The lowest BCUT2D eigenvalue weighted by molar-refractivity contribution is -0.326. The smallest absolute Gasteiger partial charge is 0.186 e. The van der Waals surface area contributed by atoms with Crippen molar-refractivity contribution >= 4 is 0 Å². The van der Waals surface area contributed by atoms with Crippen LogP contribution in [0.3, 0.4) is 0 Å². The van der Waals surface area contributed by atoms with E-state index in [0.717, 1.165) is 25.7 Å². The van der Waals surface area contributed by atoms with E-state index >= 15 is 0 Å². The Hall–Kier alpha value is -0.720. The highest BCUT2D eigenvalue weighted by atomic mass is 16.7. The van der Waals surface area contributed by atoms with Crippen LogP contribution in [-0.2, 0) is 28.4 Å². The molecule has 2 spiro atoms. The topological polar surface area (TPSA) is 298 Å². The van der Waals surface area contributed by atoms with Crippen LogP contribution in [0.2, 0.25) is 0 Å². The molecule has 0 bridgehead atoms. The highest BCUT2D eigenvalue weighted by molar-refractivity contribution is 5.33. The van der Waals surface area contributed by atoms with Gasteiger partial charge in [0.2, 0.25) is 0 Å². The summed E-state index contributed by atoms with van der Waals surface area (Å²) in [7, 11) is 0. The Morgan fingerprint density at radius 1 is 0.672 bits per heavy atom. The first-order valence-electron chi connectivity index (χ1n) is 23.8. The van der Waals surface area contributed by atoms with Gasteiger partial charge in [-0.2, -0.15) is 0 Å². The Labute approximate surface area is 375 Å². The van der Waals surface area contributed by atoms with Gasteiger partial charge in [-0.1, -0.05) is 34.6 Å². The fraction of sp³-hybridized carbons (Fsp3) is 1.00. The molecule has 18 nitrogen and oxygen atoms in total. The molecule has 8 aliphatic rings. The Bertz CT molecular complexity index is 1650. The van der Waals surface area contributed by atoms with Gasteiger partial charge in [0, 0.05) is 0 Å². The molecule has 0 unspecified atom stereocenters. The summed E-state index contributed by atoms with van der Waals surface area (Å²) in [6, 6.07) is 0. The molecule has 5 saturated carbocycles. The molecule has 25 atom stereocenters. The zero-order valence-electron chi connectivity index (χ0n) is 38.4. The number of ether oxygens (including phenoxy) is 6. The van der Waals surface area contributed by atoms with Crippen molar-refractivity contribution in [1.29, 1.82) is 0 Å². The van der Waals surface area contributed by atoms with Gasteiger partial charge in [0.25, 0.3) is 0 Å². The molecule has 0 amide bonds. The van der Waals surface area contributed by atoms with Crippen molar-refractivity contribution in [1.82, 2.24) is 0 Å². The first kappa shape index (κ1) is 49.7. The molecule has 0 aromatic carbocycles. The van der Waals surface area contributed by atoms with E-state index in [2.05, 4.69) is 34.6 Å². The van der Waals surface area contributed by atoms with Crippen molar-refractivity contribution in [3.63, 3.8) is 0 Å². The number of hydrogen-bond donors (Lipinski definition) is 12. The Morgan fingerprint density at radius 3 is 1.84 bits per heavy atom. The van der Waals surface area contributed by atoms with E-state index in [0.29, 0.717) is 32.1 Å². The quantitative estimate of drug-likeness (QED) is 0.105. The van der Waals surface area contributed by atoms with Gasteiger partial charge in [-0.25, -0.2) is 0 Å². The highest BCUT2D eigenvalue weighted by Gasteiger charge is 2.85. The fourth-order valence-electron chi connectivity index (χ4n) is 15.4. The summed E-state index contributed by atoms with van der Waals surface area (Å²) in [5, 5.41) is 128. The molecule has 5 aliphatic carbocycles. The van der Waals surface area contributed by atoms with Crippen molar-refractivity contribution in [3.8, 4) is 0 Å². The number of fused-ring (bicyclic) bond motifs is 2. The van der Waals surface area contributed by atoms with Crippen LogP contribution in [0, 0.1) is 50.7 Å². The van der Waals surface area contributed by atoms with Gasteiger partial charge in [0.15, 0.2) is 18.9 Å². The predicted molar refractivity (Wildman–Crippen MR) is 222 cm³/mol. The van der Waals surface area contributed by atoms with Crippen molar-refractivity contribution in [3.05, 3.63) is 0 Å². The molecule has 3 saturated heterocycles. The van der Waals surface area contributed by atoms with Crippen LogP contribution in [-0.4, -0.2) is 191 Å². The van der Waals surface area contributed by atoms with E-state index in [9.17, 15) is 61.3 Å². The number of aliphatic hydroxyl groups is 12. The second-order valence-corrected chi connectivity index (χ2v) is 23.1. The fourth-order valence-corrected chi connectivity index (χ4v) is 15.4. The van der Waals surface area contributed by atoms with Gasteiger partial charge >= 0.3 is 0 Å². The van der Waals surface area contributed by atoms with Gasteiger partial charge in [0.1, 0.15) is 61.0 Å². The van der Waals surface area contributed by atoms with Crippen molar-refractivity contribution < 1.29 is 89.7 Å². The molecule has 0 aromatic heterocycles. The monoisotopic (exact) mass is 919 g/mol. The normalized spacial score (nSPS) is 54.5. The van der Waals surface area contributed by atoms with Crippen LogP contribution in [0.15, 0.2) is 0 Å². The summed E-state index contributed by atoms with van der Waals surface area (Å²) in [5.41, 5.74) is -3.30. The third-order valence-corrected chi connectivity index (χ3v) is 19.0. The van der Waals surface area contributed by atoms with E-state index < -0.39 is 133 Å². The first-order chi connectivity index (χ1) is 29.8. The lowest BCUT2D eigenvalue weighted by atomic mass is 9.41. The van der Waals surface area contributed by atoms with E-state index in [-0.39, 0.29) is 47.7 Å². The molecule has 12 N–H and O–H groups in total. The number of aliphatic hydroxyl groups excluding tert-OH is 11. The summed E-state index contributed by atoms with van der Waals surface area (Å²) in [4.78, 5) is 0. The second-order valence-electron chi connectivity index (χ2n) is 23.1. The third kappa shape index (κ3) is 7.68. The maximum Gasteiger partial charge on any atom is 0.186 e. The van der Waals surface area contributed by atoms with E-state index in [4.69, 9.17) is 28.4 Å². The zero-order valence-corrected chi connectivity index (χ0v) is 38.4. The van der Waals surface area contributed by atoms with Gasteiger partial charge in [-0.3, -0.25) is 0 Å². The zero-order chi connectivity index (χ0) is 46.9. The van der Waals surface area contributed by atoms with Gasteiger partial charge < -0.3 is 89.7 Å². The Balaban J connectivity index is 1.15. The molecule has 64 heavy (non-hydrogen) atoms. The molecule has 18 heteroatoms. The first-order valence-corrected chi connectivity index (χ1v) is 23.8. The molecular formula is C46H78O18. The average Bonchev–Trinajstić information content (AvgIpc) is 3.82. The standard InChI is InChI=1S/C46H78O18/c1-20(8-9-27(50)42(4,5)58)29-24(62-40-36(57)33(54)32(53)25(16-47)63-40)15-44(7)26-14-23(61-38-34(55)30(51)21(48)17-59-38)37-41(2,3)28(64-39-35(56)31(52)22(49)18-60-39)10-11-46(37)19-45(26,46)13-12-43(29,44)6/h20-40,47-58H,8-19H2,1-7H3/t20-,21+,22-,23+,24+,25-,26+,27-,28+,29+,30+,31+,32-,33+,34-,35-,36-,37+,38+,39+,40-,43-,44+,45+,46-/m1/s1. The molecule has 370 valence electrons. The van der Waals surface area contributed by atoms with E-state index in [1.807, 2.05) is 0 Å². The third-order valence-electron chi connectivity index (χ3n) is 19.0. The summed E-state index contributed by atoms with van der Waals surface area (Å²) < 4.78 is 37.9. The average molecular weight is 919 g/mol. The van der Waals surface area contributed by atoms with Crippen LogP contribution in [0.4, 0.5) is 0 Å². The summed E-state index contributed by atoms with van der Waals surface area (Å²) in [6.07, 6.45) is -15.1. The minimum atomic E-state index is -1.63. The van der Waals surface area contributed by atoms with Crippen molar-refractivity contribution in [2.24, 2.45) is 50.7 Å².